The monoisotopic (exact) mass is 341 g/mol. The maximum absolute atomic E-state index is 11.0. The SMILES string of the molecule is CCOCc1nc2c(N)nc3ccccc3c2n1CCCCC(N)=O. The third-order valence-electron chi connectivity index (χ3n) is 4.18. The number of pyridine rings is 1. The van der Waals surface area contributed by atoms with Gasteiger partial charge in [0.25, 0.3) is 0 Å². The number of aryl methyl sites for hydroxylation is 1. The van der Waals surface area contributed by atoms with E-state index in [2.05, 4.69) is 14.5 Å². The minimum absolute atomic E-state index is 0.274. The predicted octanol–water partition coefficient (Wildman–Crippen LogP) is 2.36. The molecule has 3 aromatic rings. The summed E-state index contributed by atoms with van der Waals surface area (Å²) in [6.07, 6.45) is 1.95. The van der Waals surface area contributed by atoms with E-state index in [0.717, 1.165) is 41.6 Å². The average molecular weight is 341 g/mol. The number of unbranched alkanes of at least 4 members (excludes halogenated alkanes) is 1. The van der Waals surface area contributed by atoms with E-state index in [0.29, 0.717) is 31.0 Å². The fourth-order valence-electron chi connectivity index (χ4n) is 3.02. The highest BCUT2D eigenvalue weighted by Gasteiger charge is 2.17. The second-order valence-electron chi connectivity index (χ2n) is 5.95. The van der Waals surface area contributed by atoms with Gasteiger partial charge in [0.15, 0.2) is 5.82 Å². The van der Waals surface area contributed by atoms with Gasteiger partial charge >= 0.3 is 0 Å². The molecule has 0 bridgehead atoms. The summed E-state index contributed by atoms with van der Waals surface area (Å²) in [7, 11) is 0. The van der Waals surface area contributed by atoms with E-state index in [9.17, 15) is 4.79 Å². The quantitative estimate of drug-likeness (QED) is 0.611. The first-order valence-corrected chi connectivity index (χ1v) is 8.51. The fourth-order valence-corrected chi connectivity index (χ4v) is 3.02. The lowest BCUT2D eigenvalue weighted by molar-refractivity contribution is -0.118. The van der Waals surface area contributed by atoms with Gasteiger partial charge in [-0.2, -0.15) is 0 Å². The third kappa shape index (κ3) is 3.56. The van der Waals surface area contributed by atoms with Gasteiger partial charge in [0, 0.05) is 25.0 Å². The van der Waals surface area contributed by atoms with Crippen molar-refractivity contribution < 1.29 is 9.53 Å². The fraction of sp³-hybridized carbons (Fsp3) is 0.389. The van der Waals surface area contributed by atoms with Crippen LogP contribution >= 0.6 is 0 Å². The molecule has 132 valence electrons. The van der Waals surface area contributed by atoms with Crippen molar-refractivity contribution in [2.75, 3.05) is 12.3 Å². The van der Waals surface area contributed by atoms with Crippen LogP contribution in [0.4, 0.5) is 5.82 Å². The zero-order valence-corrected chi connectivity index (χ0v) is 14.4. The number of primary amides is 1. The van der Waals surface area contributed by atoms with E-state index >= 15 is 0 Å². The Morgan fingerprint density at radius 3 is 2.80 bits per heavy atom. The minimum Gasteiger partial charge on any atom is -0.382 e. The minimum atomic E-state index is -0.274. The zero-order chi connectivity index (χ0) is 17.8. The number of anilines is 1. The summed E-state index contributed by atoms with van der Waals surface area (Å²) in [4.78, 5) is 20.1. The number of aromatic nitrogens is 3. The van der Waals surface area contributed by atoms with Gasteiger partial charge in [-0.1, -0.05) is 18.2 Å². The molecule has 0 saturated heterocycles. The highest BCUT2D eigenvalue weighted by molar-refractivity contribution is 6.06. The number of nitrogens with two attached hydrogens (primary N) is 2. The highest BCUT2D eigenvalue weighted by Crippen LogP contribution is 2.29. The molecule has 2 aromatic heterocycles. The summed E-state index contributed by atoms with van der Waals surface area (Å²) in [6, 6.07) is 7.88. The Kier molecular flexibility index (Phi) is 5.14. The molecule has 4 N–H and O–H groups in total. The number of carbonyl (C=O) groups excluding carboxylic acids is 1. The van der Waals surface area contributed by atoms with Gasteiger partial charge in [0.2, 0.25) is 5.91 Å². The Morgan fingerprint density at radius 2 is 2.04 bits per heavy atom. The number of amides is 1. The van der Waals surface area contributed by atoms with Crippen molar-refractivity contribution in [2.24, 2.45) is 5.73 Å². The van der Waals surface area contributed by atoms with Crippen LogP contribution in [0.5, 0.6) is 0 Å². The Morgan fingerprint density at radius 1 is 1.24 bits per heavy atom. The lowest BCUT2D eigenvalue weighted by atomic mass is 10.1. The van der Waals surface area contributed by atoms with E-state index in [4.69, 9.17) is 16.2 Å². The lowest BCUT2D eigenvalue weighted by Crippen LogP contribution is -2.11. The molecule has 0 aliphatic carbocycles. The van der Waals surface area contributed by atoms with Crippen molar-refractivity contribution in [1.82, 2.24) is 14.5 Å². The molecule has 1 aromatic carbocycles. The molecule has 0 spiro atoms. The molecule has 0 unspecified atom stereocenters. The van der Waals surface area contributed by atoms with Gasteiger partial charge in [-0.25, -0.2) is 9.97 Å². The van der Waals surface area contributed by atoms with Crippen molar-refractivity contribution >= 4 is 33.7 Å². The van der Waals surface area contributed by atoms with Crippen LogP contribution in [0.25, 0.3) is 21.9 Å². The van der Waals surface area contributed by atoms with E-state index in [-0.39, 0.29) is 5.91 Å². The topological polar surface area (TPSA) is 109 Å². The maximum atomic E-state index is 11.0. The van der Waals surface area contributed by atoms with E-state index in [1.807, 2.05) is 31.2 Å². The molecule has 25 heavy (non-hydrogen) atoms. The molecule has 0 radical (unpaired) electrons. The van der Waals surface area contributed by atoms with Crippen LogP contribution in [0.15, 0.2) is 24.3 Å². The molecule has 0 fully saturated rings. The molecule has 7 nitrogen and oxygen atoms in total. The van der Waals surface area contributed by atoms with Gasteiger partial charge in [-0.15, -0.1) is 0 Å². The third-order valence-corrected chi connectivity index (χ3v) is 4.18. The molecular formula is C18H23N5O2. The standard InChI is InChI=1S/C18H23N5O2/c1-2-25-11-15-22-16-17(23(15)10-6-5-9-14(19)24)12-7-3-4-8-13(12)21-18(16)20/h3-4,7-8H,2,5-6,9-11H2,1H3,(H2,19,24)(H2,20,21). The number of carbonyl (C=O) groups is 1. The molecular weight excluding hydrogens is 318 g/mol. The number of hydrogen-bond donors (Lipinski definition) is 2. The first kappa shape index (κ1) is 17.2. The number of ether oxygens (including phenoxy) is 1. The van der Waals surface area contributed by atoms with Crippen molar-refractivity contribution in [3.63, 3.8) is 0 Å². The van der Waals surface area contributed by atoms with Crippen LogP contribution in [0.3, 0.4) is 0 Å². The molecule has 1 amide bonds. The number of nitrogens with zero attached hydrogens (tertiary/aromatic N) is 3. The van der Waals surface area contributed by atoms with Crippen LogP contribution in [0, 0.1) is 0 Å². The number of para-hydroxylation sites is 1. The molecule has 2 heterocycles. The average Bonchev–Trinajstić information content (AvgIpc) is 2.96. The van der Waals surface area contributed by atoms with Gasteiger partial charge < -0.3 is 20.8 Å². The Labute approximate surface area is 146 Å². The summed E-state index contributed by atoms with van der Waals surface area (Å²) >= 11 is 0. The van der Waals surface area contributed by atoms with Crippen LogP contribution in [-0.4, -0.2) is 27.0 Å². The van der Waals surface area contributed by atoms with Crippen LogP contribution in [0.1, 0.15) is 32.0 Å². The molecule has 7 heteroatoms. The molecule has 3 rings (SSSR count). The van der Waals surface area contributed by atoms with Gasteiger partial charge in [0.1, 0.15) is 17.9 Å². The number of rotatable bonds is 8. The van der Waals surface area contributed by atoms with E-state index in [1.54, 1.807) is 0 Å². The molecule has 0 aliphatic rings. The summed E-state index contributed by atoms with van der Waals surface area (Å²) in [5, 5.41) is 1.01. The summed E-state index contributed by atoms with van der Waals surface area (Å²) in [5.41, 5.74) is 13.9. The van der Waals surface area contributed by atoms with Gasteiger partial charge in [-0.05, 0) is 25.8 Å². The zero-order valence-electron chi connectivity index (χ0n) is 14.4. The molecule has 0 atom stereocenters. The van der Waals surface area contributed by atoms with Crippen molar-refractivity contribution in [3.8, 4) is 0 Å². The Hall–Kier alpha value is -2.67. The van der Waals surface area contributed by atoms with Crippen molar-refractivity contribution in [3.05, 3.63) is 30.1 Å². The number of nitrogen functional groups attached to an aromatic ring is 1. The first-order chi connectivity index (χ1) is 12.1. The second kappa shape index (κ2) is 7.48. The van der Waals surface area contributed by atoms with Gasteiger partial charge in [-0.3, -0.25) is 4.79 Å². The number of hydrogen-bond acceptors (Lipinski definition) is 5. The summed E-state index contributed by atoms with van der Waals surface area (Å²) in [6.45, 7) is 3.69. The van der Waals surface area contributed by atoms with E-state index in [1.165, 1.54) is 0 Å². The lowest BCUT2D eigenvalue weighted by Gasteiger charge is -2.10. The summed E-state index contributed by atoms with van der Waals surface area (Å²) in [5.74, 6) is 0.965. The number of fused-ring (bicyclic) bond motifs is 3. The number of imidazole rings is 1. The largest absolute Gasteiger partial charge is 0.382 e. The van der Waals surface area contributed by atoms with Crippen molar-refractivity contribution in [1.29, 1.82) is 0 Å². The Balaban J connectivity index is 2.07. The van der Waals surface area contributed by atoms with Gasteiger partial charge in [0.05, 0.1) is 11.0 Å². The highest BCUT2D eigenvalue weighted by atomic mass is 16.5. The summed E-state index contributed by atoms with van der Waals surface area (Å²) < 4.78 is 7.70. The van der Waals surface area contributed by atoms with Crippen LogP contribution < -0.4 is 11.5 Å². The molecule has 0 aliphatic heterocycles. The maximum Gasteiger partial charge on any atom is 0.217 e. The second-order valence-corrected chi connectivity index (χ2v) is 5.95. The van der Waals surface area contributed by atoms with Crippen molar-refractivity contribution in [2.45, 2.75) is 39.3 Å². The number of benzene rings is 1. The molecule has 0 saturated carbocycles. The predicted molar refractivity (Wildman–Crippen MR) is 97.8 cm³/mol. The smallest absolute Gasteiger partial charge is 0.217 e. The van der Waals surface area contributed by atoms with Crippen LogP contribution in [0.2, 0.25) is 0 Å². The van der Waals surface area contributed by atoms with Crippen LogP contribution in [-0.2, 0) is 22.7 Å². The Bertz CT molecular complexity index is 903. The van der Waals surface area contributed by atoms with E-state index < -0.39 is 0 Å². The normalized spacial score (nSPS) is 11.4. The first-order valence-electron chi connectivity index (χ1n) is 8.51.